The van der Waals surface area contributed by atoms with Gasteiger partial charge in [-0.15, -0.1) is 0 Å². The van der Waals surface area contributed by atoms with Crippen LogP contribution in [0.5, 0.6) is 0 Å². The highest BCUT2D eigenvalue weighted by Crippen LogP contribution is 2.30. The van der Waals surface area contributed by atoms with Crippen molar-refractivity contribution < 1.29 is 0 Å². The normalized spacial score (nSPS) is 18.5. The van der Waals surface area contributed by atoms with Gasteiger partial charge < -0.3 is 14.8 Å². The first-order valence-corrected chi connectivity index (χ1v) is 8.42. The summed E-state index contributed by atoms with van der Waals surface area (Å²) >= 11 is 0. The van der Waals surface area contributed by atoms with Gasteiger partial charge in [0.1, 0.15) is 0 Å². The molecule has 20 heavy (non-hydrogen) atoms. The Balaban J connectivity index is 1.98. The average Bonchev–Trinajstić information content (AvgIpc) is 2.89. The molecule has 1 aromatic rings. The molecule has 3 nitrogen and oxygen atoms in total. The second-order valence-electron chi connectivity index (χ2n) is 5.90. The maximum atomic E-state index is 3.70. The van der Waals surface area contributed by atoms with Crippen molar-refractivity contribution in [1.82, 2.24) is 14.8 Å². The highest BCUT2D eigenvalue weighted by molar-refractivity contribution is 5.30. The van der Waals surface area contributed by atoms with Crippen molar-refractivity contribution in [3.63, 3.8) is 0 Å². The predicted octanol–water partition coefficient (Wildman–Crippen LogP) is 3.21. The first-order chi connectivity index (χ1) is 9.78. The van der Waals surface area contributed by atoms with Gasteiger partial charge in [0.15, 0.2) is 0 Å². The predicted molar refractivity (Wildman–Crippen MR) is 86.2 cm³/mol. The summed E-state index contributed by atoms with van der Waals surface area (Å²) in [6.45, 7) is 12.4. The third-order valence-electron chi connectivity index (χ3n) is 4.52. The van der Waals surface area contributed by atoms with Crippen LogP contribution in [-0.2, 0) is 13.0 Å². The molecule has 0 saturated heterocycles. The summed E-state index contributed by atoms with van der Waals surface area (Å²) in [5.41, 5.74) is 3.13. The minimum atomic E-state index is 0.591. The summed E-state index contributed by atoms with van der Waals surface area (Å²) < 4.78 is 2.41. The van der Waals surface area contributed by atoms with Gasteiger partial charge in [0.25, 0.3) is 0 Å². The zero-order valence-electron chi connectivity index (χ0n) is 13.5. The standard InChI is InChI=1S/C17H31N3/c1-4-10-18-17-9-7-8-15-13-20(14-16(15)17)12-11-19(5-2)6-3/h13-14,17-18H,4-12H2,1-3H3. The fraction of sp³-hybridized carbons (Fsp3) is 0.765. The Morgan fingerprint density at radius 3 is 2.75 bits per heavy atom. The summed E-state index contributed by atoms with van der Waals surface area (Å²) in [5, 5.41) is 3.70. The minimum Gasteiger partial charge on any atom is -0.352 e. The zero-order chi connectivity index (χ0) is 14.4. The fourth-order valence-electron chi connectivity index (χ4n) is 3.20. The lowest BCUT2D eigenvalue weighted by molar-refractivity contribution is 0.290. The molecule has 1 unspecified atom stereocenters. The molecule has 0 fully saturated rings. The molecule has 0 saturated carbocycles. The molecule has 0 bridgehead atoms. The van der Waals surface area contributed by atoms with Crippen LogP contribution >= 0.6 is 0 Å². The van der Waals surface area contributed by atoms with Gasteiger partial charge in [0.2, 0.25) is 0 Å². The zero-order valence-corrected chi connectivity index (χ0v) is 13.5. The van der Waals surface area contributed by atoms with Crippen molar-refractivity contribution in [2.45, 2.75) is 59.0 Å². The van der Waals surface area contributed by atoms with E-state index in [1.54, 1.807) is 11.1 Å². The molecule has 1 atom stereocenters. The van der Waals surface area contributed by atoms with Crippen molar-refractivity contribution in [3.05, 3.63) is 23.5 Å². The molecule has 1 N–H and O–H groups in total. The Morgan fingerprint density at radius 2 is 2.05 bits per heavy atom. The molecule has 0 spiro atoms. The van der Waals surface area contributed by atoms with Crippen LogP contribution in [0.1, 0.15) is 57.2 Å². The topological polar surface area (TPSA) is 20.2 Å². The molecule has 1 aliphatic rings. The number of aromatic nitrogens is 1. The third-order valence-corrected chi connectivity index (χ3v) is 4.52. The van der Waals surface area contributed by atoms with E-state index < -0.39 is 0 Å². The second kappa shape index (κ2) is 7.84. The molecule has 0 amide bonds. The number of aryl methyl sites for hydroxylation is 1. The average molecular weight is 277 g/mol. The van der Waals surface area contributed by atoms with E-state index in [1.807, 2.05) is 0 Å². The van der Waals surface area contributed by atoms with Gasteiger partial charge in [-0.2, -0.15) is 0 Å². The molecule has 1 aromatic heterocycles. The lowest BCUT2D eigenvalue weighted by atomic mass is 9.91. The summed E-state index contributed by atoms with van der Waals surface area (Å²) in [5.74, 6) is 0. The van der Waals surface area contributed by atoms with Crippen molar-refractivity contribution in [2.75, 3.05) is 26.2 Å². The lowest BCUT2D eigenvalue weighted by Crippen LogP contribution is -2.26. The Kier molecular flexibility index (Phi) is 6.11. The van der Waals surface area contributed by atoms with E-state index in [0.29, 0.717) is 6.04 Å². The van der Waals surface area contributed by atoms with E-state index in [-0.39, 0.29) is 0 Å². The van der Waals surface area contributed by atoms with Gasteiger partial charge in [0, 0.05) is 31.5 Å². The number of rotatable bonds is 8. The fourth-order valence-corrected chi connectivity index (χ4v) is 3.20. The van der Waals surface area contributed by atoms with Crippen LogP contribution in [0.4, 0.5) is 0 Å². The quantitative estimate of drug-likeness (QED) is 0.787. The van der Waals surface area contributed by atoms with Crippen molar-refractivity contribution >= 4 is 0 Å². The highest BCUT2D eigenvalue weighted by atomic mass is 15.1. The molecular formula is C17H31N3. The van der Waals surface area contributed by atoms with E-state index >= 15 is 0 Å². The van der Waals surface area contributed by atoms with E-state index in [1.165, 1.54) is 25.7 Å². The summed E-state index contributed by atoms with van der Waals surface area (Å²) in [6, 6.07) is 0.591. The first kappa shape index (κ1) is 15.6. The number of hydrogen-bond acceptors (Lipinski definition) is 2. The van der Waals surface area contributed by atoms with Gasteiger partial charge in [-0.05, 0) is 56.4 Å². The highest BCUT2D eigenvalue weighted by Gasteiger charge is 2.21. The number of nitrogens with zero attached hydrogens (tertiary/aromatic N) is 2. The number of fused-ring (bicyclic) bond motifs is 1. The van der Waals surface area contributed by atoms with Gasteiger partial charge in [-0.3, -0.25) is 0 Å². The van der Waals surface area contributed by atoms with Crippen molar-refractivity contribution in [1.29, 1.82) is 0 Å². The van der Waals surface area contributed by atoms with Crippen LogP contribution in [0.15, 0.2) is 12.4 Å². The molecule has 3 heteroatoms. The second-order valence-corrected chi connectivity index (χ2v) is 5.90. The monoisotopic (exact) mass is 277 g/mol. The minimum absolute atomic E-state index is 0.591. The van der Waals surface area contributed by atoms with E-state index in [9.17, 15) is 0 Å². The van der Waals surface area contributed by atoms with Crippen LogP contribution < -0.4 is 5.32 Å². The summed E-state index contributed by atoms with van der Waals surface area (Å²) in [7, 11) is 0. The number of likely N-dealkylation sites (N-methyl/N-ethyl adjacent to an activating group) is 1. The molecule has 1 heterocycles. The molecule has 2 rings (SSSR count). The Labute approximate surface area is 124 Å². The lowest BCUT2D eigenvalue weighted by Gasteiger charge is -2.23. The van der Waals surface area contributed by atoms with Gasteiger partial charge >= 0.3 is 0 Å². The molecule has 1 aliphatic carbocycles. The van der Waals surface area contributed by atoms with Crippen molar-refractivity contribution in [2.24, 2.45) is 0 Å². The van der Waals surface area contributed by atoms with Crippen LogP contribution in [0.2, 0.25) is 0 Å². The Bertz CT molecular complexity index is 393. The van der Waals surface area contributed by atoms with Crippen molar-refractivity contribution in [3.8, 4) is 0 Å². The van der Waals surface area contributed by atoms with E-state index in [4.69, 9.17) is 0 Å². The maximum Gasteiger partial charge on any atom is 0.0347 e. The summed E-state index contributed by atoms with van der Waals surface area (Å²) in [6.07, 6.45) is 9.89. The molecule has 0 radical (unpaired) electrons. The van der Waals surface area contributed by atoms with E-state index in [2.05, 4.69) is 47.9 Å². The molecule has 0 aliphatic heterocycles. The number of hydrogen-bond donors (Lipinski definition) is 1. The van der Waals surface area contributed by atoms with Crippen LogP contribution in [0.3, 0.4) is 0 Å². The van der Waals surface area contributed by atoms with Crippen LogP contribution in [0, 0.1) is 0 Å². The van der Waals surface area contributed by atoms with Gasteiger partial charge in [-0.25, -0.2) is 0 Å². The van der Waals surface area contributed by atoms with Gasteiger partial charge in [-0.1, -0.05) is 20.8 Å². The molecular weight excluding hydrogens is 246 g/mol. The first-order valence-electron chi connectivity index (χ1n) is 8.42. The number of nitrogens with one attached hydrogen (secondary N) is 1. The summed E-state index contributed by atoms with van der Waals surface area (Å²) in [4.78, 5) is 2.49. The molecule has 0 aromatic carbocycles. The largest absolute Gasteiger partial charge is 0.352 e. The Hall–Kier alpha value is -0.800. The van der Waals surface area contributed by atoms with Gasteiger partial charge in [0.05, 0.1) is 0 Å². The molecule has 114 valence electrons. The third kappa shape index (κ3) is 3.86. The Morgan fingerprint density at radius 1 is 1.25 bits per heavy atom. The van der Waals surface area contributed by atoms with E-state index in [0.717, 1.165) is 32.7 Å². The van der Waals surface area contributed by atoms with Crippen LogP contribution in [0.25, 0.3) is 0 Å². The SMILES string of the molecule is CCCNC1CCCc2cn(CCN(CC)CC)cc21. The van der Waals surface area contributed by atoms with Crippen LogP contribution in [-0.4, -0.2) is 35.6 Å². The smallest absolute Gasteiger partial charge is 0.0347 e. The maximum absolute atomic E-state index is 3.70.